The Labute approximate surface area is 165 Å². The number of nitrogens with zero attached hydrogens (tertiary/aromatic N) is 4. The maximum Gasteiger partial charge on any atom is 0.257 e. The summed E-state index contributed by atoms with van der Waals surface area (Å²) in [5, 5.41) is 8.97. The number of aryl methyl sites for hydroxylation is 2. The minimum absolute atomic E-state index is 0.0649. The van der Waals surface area contributed by atoms with Gasteiger partial charge in [-0.3, -0.25) is 9.48 Å². The van der Waals surface area contributed by atoms with Gasteiger partial charge in [-0.05, 0) is 25.3 Å². The van der Waals surface area contributed by atoms with Crippen LogP contribution in [0.3, 0.4) is 0 Å². The van der Waals surface area contributed by atoms with E-state index in [0.717, 1.165) is 48.3 Å². The van der Waals surface area contributed by atoms with Gasteiger partial charge in [-0.1, -0.05) is 43.2 Å². The molecule has 1 aliphatic heterocycles. The van der Waals surface area contributed by atoms with Crippen LogP contribution in [0.4, 0.5) is 5.69 Å². The maximum absolute atomic E-state index is 13.4. The molecular weight excluding hydrogens is 350 g/mol. The van der Waals surface area contributed by atoms with Gasteiger partial charge in [0.1, 0.15) is 0 Å². The van der Waals surface area contributed by atoms with Crippen LogP contribution in [0.1, 0.15) is 47.3 Å². The molecular formula is C22H27N5O. The summed E-state index contributed by atoms with van der Waals surface area (Å²) in [6.07, 6.45) is 6.24. The molecule has 1 amide bonds. The summed E-state index contributed by atoms with van der Waals surface area (Å²) in [7, 11) is 1.89. The zero-order chi connectivity index (χ0) is 19.5. The third kappa shape index (κ3) is 3.59. The van der Waals surface area contributed by atoms with Crippen LogP contribution in [-0.4, -0.2) is 38.7 Å². The Morgan fingerprint density at radius 2 is 1.82 bits per heavy atom. The molecule has 6 heteroatoms. The molecule has 0 saturated carbocycles. The van der Waals surface area contributed by atoms with Crippen LogP contribution in [0, 0.1) is 6.92 Å². The maximum atomic E-state index is 13.4. The predicted molar refractivity (Wildman–Crippen MR) is 111 cm³/mol. The number of nitrogens with one attached hydrogen (secondary N) is 1. The first-order chi connectivity index (χ1) is 13.6. The molecule has 0 bridgehead atoms. The fourth-order valence-electron chi connectivity index (χ4n) is 3.99. The first kappa shape index (κ1) is 18.5. The number of hydrogen-bond donors (Lipinski definition) is 1. The molecule has 28 heavy (non-hydrogen) atoms. The lowest BCUT2D eigenvalue weighted by Crippen LogP contribution is -2.32. The van der Waals surface area contributed by atoms with Gasteiger partial charge < -0.3 is 10.2 Å². The fourth-order valence-corrected chi connectivity index (χ4v) is 3.99. The standard InChI is InChI=1S/C22H27N5O/c1-16-19-20(23-14-17-10-6-5-7-11-17)18(15-24-21(19)26(2)25-16)22(28)27-12-8-3-4-9-13-27/h5-7,10-11,15H,3-4,8-9,12-14H2,1-2H3,(H,23,24). The third-order valence-corrected chi connectivity index (χ3v) is 5.46. The van der Waals surface area contributed by atoms with Crippen molar-refractivity contribution in [2.45, 2.75) is 39.2 Å². The average molecular weight is 377 g/mol. The lowest BCUT2D eigenvalue weighted by molar-refractivity contribution is 0.0762. The van der Waals surface area contributed by atoms with Crippen molar-refractivity contribution in [2.75, 3.05) is 18.4 Å². The quantitative estimate of drug-likeness (QED) is 0.749. The molecule has 1 N–H and O–H groups in total. The van der Waals surface area contributed by atoms with E-state index in [1.807, 2.05) is 37.1 Å². The number of carbonyl (C=O) groups is 1. The van der Waals surface area contributed by atoms with Gasteiger partial charge in [0.05, 0.1) is 22.3 Å². The molecule has 0 atom stereocenters. The van der Waals surface area contributed by atoms with Gasteiger partial charge in [-0.2, -0.15) is 5.10 Å². The molecule has 1 aliphatic rings. The van der Waals surface area contributed by atoms with E-state index in [-0.39, 0.29) is 5.91 Å². The van der Waals surface area contributed by atoms with E-state index in [9.17, 15) is 4.79 Å². The molecule has 3 heterocycles. The van der Waals surface area contributed by atoms with Gasteiger partial charge in [0.25, 0.3) is 5.91 Å². The number of likely N-dealkylation sites (tertiary alicyclic amines) is 1. The van der Waals surface area contributed by atoms with Crippen molar-refractivity contribution >= 4 is 22.6 Å². The number of carbonyl (C=O) groups excluding carboxylic acids is 1. The lowest BCUT2D eigenvalue weighted by atomic mass is 10.1. The topological polar surface area (TPSA) is 63.1 Å². The highest BCUT2D eigenvalue weighted by atomic mass is 16.2. The molecule has 6 nitrogen and oxygen atoms in total. The first-order valence-corrected chi connectivity index (χ1v) is 10.0. The second-order valence-corrected chi connectivity index (χ2v) is 7.50. The van der Waals surface area contributed by atoms with Crippen LogP contribution >= 0.6 is 0 Å². The zero-order valence-corrected chi connectivity index (χ0v) is 16.6. The van der Waals surface area contributed by atoms with Gasteiger partial charge in [0, 0.05) is 32.9 Å². The third-order valence-electron chi connectivity index (χ3n) is 5.46. The SMILES string of the molecule is Cc1nn(C)c2ncc(C(=O)N3CCCCCC3)c(NCc3ccccc3)c12. The van der Waals surface area contributed by atoms with Gasteiger partial charge >= 0.3 is 0 Å². The molecule has 1 fully saturated rings. The summed E-state index contributed by atoms with van der Waals surface area (Å²) in [6, 6.07) is 10.2. The Balaban J connectivity index is 1.74. The van der Waals surface area contributed by atoms with E-state index >= 15 is 0 Å². The summed E-state index contributed by atoms with van der Waals surface area (Å²) in [6.45, 7) is 4.26. The Bertz CT molecular complexity index is 972. The second kappa shape index (κ2) is 8.00. The van der Waals surface area contributed by atoms with Gasteiger partial charge in [0.15, 0.2) is 5.65 Å². The number of fused-ring (bicyclic) bond motifs is 1. The van der Waals surface area contributed by atoms with Crippen LogP contribution in [0.5, 0.6) is 0 Å². The number of rotatable bonds is 4. The summed E-state index contributed by atoms with van der Waals surface area (Å²) in [4.78, 5) is 19.9. The van der Waals surface area contributed by atoms with Crippen LogP contribution in [0.25, 0.3) is 11.0 Å². The molecule has 2 aromatic heterocycles. The minimum atomic E-state index is 0.0649. The summed E-state index contributed by atoms with van der Waals surface area (Å²) in [5.74, 6) is 0.0649. The smallest absolute Gasteiger partial charge is 0.257 e. The minimum Gasteiger partial charge on any atom is -0.380 e. The van der Waals surface area contributed by atoms with Crippen LogP contribution in [-0.2, 0) is 13.6 Å². The normalized spacial score (nSPS) is 14.9. The highest BCUT2D eigenvalue weighted by molar-refractivity contribution is 6.07. The van der Waals surface area contributed by atoms with Crippen LogP contribution < -0.4 is 5.32 Å². The molecule has 1 saturated heterocycles. The first-order valence-electron chi connectivity index (χ1n) is 10.0. The molecule has 0 aliphatic carbocycles. The average Bonchev–Trinajstić information content (AvgIpc) is 2.90. The number of benzene rings is 1. The van der Waals surface area contributed by atoms with Crippen molar-refractivity contribution in [1.29, 1.82) is 0 Å². The van der Waals surface area contributed by atoms with E-state index in [0.29, 0.717) is 12.1 Å². The monoisotopic (exact) mass is 377 g/mol. The molecule has 0 unspecified atom stereocenters. The second-order valence-electron chi connectivity index (χ2n) is 7.50. The van der Waals surface area contributed by atoms with Gasteiger partial charge in [-0.15, -0.1) is 0 Å². The van der Waals surface area contributed by atoms with E-state index in [1.165, 1.54) is 18.4 Å². The van der Waals surface area contributed by atoms with Crippen molar-refractivity contribution in [3.05, 3.63) is 53.3 Å². The number of hydrogen-bond acceptors (Lipinski definition) is 4. The molecule has 0 spiro atoms. The number of aromatic nitrogens is 3. The zero-order valence-electron chi connectivity index (χ0n) is 16.6. The highest BCUT2D eigenvalue weighted by Gasteiger charge is 2.24. The summed E-state index contributed by atoms with van der Waals surface area (Å²) >= 11 is 0. The highest BCUT2D eigenvalue weighted by Crippen LogP contribution is 2.30. The summed E-state index contributed by atoms with van der Waals surface area (Å²) < 4.78 is 1.78. The van der Waals surface area contributed by atoms with Crippen molar-refractivity contribution in [3.8, 4) is 0 Å². The summed E-state index contributed by atoms with van der Waals surface area (Å²) in [5.41, 5.74) is 4.32. The largest absolute Gasteiger partial charge is 0.380 e. The number of amides is 1. The molecule has 146 valence electrons. The fraction of sp³-hybridized carbons (Fsp3) is 0.409. The Kier molecular flexibility index (Phi) is 5.28. The molecule has 1 aromatic carbocycles. The van der Waals surface area contributed by atoms with E-state index in [4.69, 9.17) is 0 Å². The van der Waals surface area contributed by atoms with Gasteiger partial charge in [-0.25, -0.2) is 4.98 Å². The Morgan fingerprint density at radius 3 is 2.54 bits per heavy atom. The molecule has 4 rings (SSSR count). The Hall–Kier alpha value is -2.89. The van der Waals surface area contributed by atoms with Gasteiger partial charge in [0.2, 0.25) is 0 Å². The Morgan fingerprint density at radius 1 is 1.11 bits per heavy atom. The van der Waals surface area contributed by atoms with Crippen molar-refractivity contribution in [3.63, 3.8) is 0 Å². The van der Waals surface area contributed by atoms with Crippen molar-refractivity contribution < 1.29 is 4.79 Å². The molecule has 0 radical (unpaired) electrons. The van der Waals surface area contributed by atoms with E-state index < -0.39 is 0 Å². The van der Waals surface area contributed by atoms with Crippen molar-refractivity contribution in [1.82, 2.24) is 19.7 Å². The van der Waals surface area contributed by atoms with Crippen LogP contribution in [0.15, 0.2) is 36.5 Å². The lowest BCUT2D eigenvalue weighted by Gasteiger charge is -2.22. The van der Waals surface area contributed by atoms with E-state index in [1.54, 1.807) is 10.9 Å². The van der Waals surface area contributed by atoms with Crippen molar-refractivity contribution in [2.24, 2.45) is 7.05 Å². The number of pyridine rings is 1. The predicted octanol–water partition coefficient (Wildman–Crippen LogP) is 3.91. The number of anilines is 1. The van der Waals surface area contributed by atoms with E-state index in [2.05, 4.69) is 27.5 Å². The van der Waals surface area contributed by atoms with Crippen LogP contribution in [0.2, 0.25) is 0 Å². The molecule has 3 aromatic rings.